The second-order valence-corrected chi connectivity index (χ2v) is 5.36. The summed E-state index contributed by atoms with van der Waals surface area (Å²) < 4.78 is 0. The summed E-state index contributed by atoms with van der Waals surface area (Å²) in [6, 6.07) is 0.625. The Morgan fingerprint density at radius 2 is 1.92 bits per heavy atom. The van der Waals surface area contributed by atoms with E-state index in [1.807, 2.05) is 0 Å². The molecule has 7 heteroatoms. The van der Waals surface area contributed by atoms with Crippen molar-refractivity contribution in [2.75, 3.05) is 13.1 Å². The van der Waals surface area contributed by atoms with Gasteiger partial charge in [0.2, 0.25) is 0 Å². The minimum atomic E-state index is -0.472. The Labute approximate surface area is 89.2 Å². The first-order valence-corrected chi connectivity index (χ1v) is 8.74. The van der Waals surface area contributed by atoms with Crippen LogP contribution in [0.1, 0.15) is 12.8 Å². The zero-order valence-electron chi connectivity index (χ0n) is 6.56. The standard InChI is InChI=1S/C5H12N2.2ClH.2H2O.Pt/c6-4-5-2-1-3-7-5;;;;;/h5,7H,1-4,6H2;2*1H;2*1H2;/q;;;;;+2/p-2. The van der Waals surface area contributed by atoms with E-state index in [0.717, 1.165) is 6.54 Å². The summed E-state index contributed by atoms with van der Waals surface area (Å²) in [4.78, 5) is 0. The molecule has 1 rings (SSSR count). The molecule has 1 unspecified atom stereocenters. The summed E-state index contributed by atoms with van der Waals surface area (Å²) >= 11 is -0.472. The van der Waals surface area contributed by atoms with Gasteiger partial charge in [0, 0.05) is 12.6 Å². The Hall–Kier alpha value is 1.11. The van der Waals surface area contributed by atoms with E-state index in [9.17, 15) is 0 Å². The van der Waals surface area contributed by atoms with E-state index in [1.165, 1.54) is 19.4 Å². The summed E-state index contributed by atoms with van der Waals surface area (Å²) in [6.45, 7) is 1.97. The summed E-state index contributed by atoms with van der Waals surface area (Å²) in [5, 5.41) is 3.28. The van der Waals surface area contributed by atoms with Gasteiger partial charge in [-0.1, -0.05) is 0 Å². The van der Waals surface area contributed by atoms with Gasteiger partial charge in [0.15, 0.2) is 0 Å². The summed E-state index contributed by atoms with van der Waals surface area (Å²) in [7, 11) is 9.75. The average molecular weight is 402 g/mol. The topological polar surface area (TPSA) is 101 Å². The van der Waals surface area contributed by atoms with Gasteiger partial charge in [-0.05, 0) is 19.4 Å². The molecule has 1 aliphatic heterocycles. The Bertz CT molecular complexity index is 76.5. The van der Waals surface area contributed by atoms with Crippen LogP contribution in [0.3, 0.4) is 0 Å². The SMILES string of the molecule is NCC1CCCN1.O.O.[Cl][Pt][Cl]. The van der Waals surface area contributed by atoms with Crippen LogP contribution in [0.5, 0.6) is 0 Å². The Balaban J connectivity index is -0.000000146. The number of nitrogens with two attached hydrogens (primary N) is 1. The maximum atomic E-state index is 5.37. The van der Waals surface area contributed by atoms with Crippen molar-refractivity contribution in [3.63, 3.8) is 0 Å². The normalized spacial score (nSPS) is 20.1. The third-order valence-electron chi connectivity index (χ3n) is 1.45. The van der Waals surface area contributed by atoms with Crippen molar-refractivity contribution in [2.45, 2.75) is 18.9 Å². The number of rotatable bonds is 1. The summed E-state index contributed by atoms with van der Waals surface area (Å²) in [5.74, 6) is 0. The predicted octanol–water partition coefficient (Wildman–Crippen LogP) is -0.576. The van der Waals surface area contributed by atoms with Crippen molar-refractivity contribution >= 4 is 18.8 Å². The first kappa shape index (κ1) is 18.8. The zero-order chi connectivity index (χ0) is 7.82. The molecule has 0 amide bonds. The van der Waals surface area contributed by atoms with E-state index in [4.69, 9.17) is 24.6 Å². The second kappa shape index (κ2) is 14.6. The molecule has 1 fully saturated rings. The van der Waals surface area contributed by atoms with Gasteiger partial charge in [-0.15, -0.1) is 0 Å². The van der Waals surface area contributed by atoms with Gasteiger partial charge in [0.1, 0.15) is 0 Å². The van der Waals surface area contributed by atoms with Crippen molar-refractivity contribution in [1.82, 2.24) is 5.32 Å². The number of nitrogens with one attached hydrogen (secondary N) is 1. The molecule has 1 saturated heterocycles. The summed E-state index contributed by atoms with van der Waals surface area (Å²) in [5.41, 5.74) is 5.37. The quantitative estimate of drug-likeness (QED) is 0.614. The van der Waals surface area contributed by atoms with Crippen molar-refractivity contribution in [3.8, 4) is 0 Å². The predicted molar refractivity (Wildman–Crippen MR) is 49.0 cm³/mol. The van der Waals surface area contributed by atoms with Gasteiger partial charge < -0.3 is 22.0 Å². The fraction of sp³-hybridized carbons (Fsp3) is 1.00. The van der Waals surface area contributed by atoms with Gasteiger partial charge in [-0.3, -0.25) is 0 Å². The Morgan fingerprint density at radius 3 is 2.08 bits per heavy atom. The monoisotopic (exact) mass is 401 g/mol. The Morgan fingerprint density at radius 1 is 1.42 bits per heavy atom. The molecule has 1 atom stereocenters. The van der Waals surface area contributed by atoms with Gasteiger partial charge in [0.25, 0.3) is 0 Å². The number of halogens is 2. The van der Waals surface area contributed by atoms with Crippen molar-refractivity contribution in [1.29, 1.82) is 0 Å². The van der Waals surface area contributed by atoms with Crippen molar-refractivity contribution in [3.05, 3.63) is 0 Å². The molecule has 4 nitrogen and oxygen atoms in total. The van der Waals surface area contributed by atoms with Crippen LogP contribution >= 0.6 is 18.8 Å². The van der Waals surface area contributed by atoms with Gasteiger partial charge in [-0.25, -0.2) is 0 Å². The molecule has 1 aliphatic rings. The van der Waals surface area contributed by atoms with Crippen LogP contribution in [-0.4, -0.2) is 30.1 Å². The minimum absolute atomic E-state index is 0. The fourth-order valence-electron chi connectivity index (χ4n) is 0.958. The van der Waals surface area contributed by atoms with Crippen LogP contribution < -0.4 is 11.1 Å². The van der Waals surface area contributed by atoms with E-state index in [0.29, 0.717) is 6.04 Å². The first-order chi connectivity index (χ1) is 4.85. The second-order valence-electron chi connectivity index (χ2n) is 2.07. The van der Waals surface area contributed by atoms with E-state index in [1.54, 1.807) is 0 Å². The van der Waals surface area contributed by atoms with E-state index in [-0.39, 0.29) is 11.0 Å². The molecule has 0 aromatic rings. The van der Waals surface area contributed by atoms with Crippen LogP contribution in [0.4, 0.5) is 0 Å². The molecule has 0 bridgehead atoms. The van der Waals surface area contributed by atoms with E-state index in [2.05, 4.69) is 5.32 Å². The van der Waals surface area contributed by atoms with Crippen LogP contribution in [0.25, 0.3) is 0 Å². The first-order valence-electron chi connectivity index (χ1n) is 3.11. The van der Waals surface area contributed by atoms with Gasteiger partial charge in [0.05, 0.1) is 0 Å². The van der Waals surface area contributed by atoms with Crippen LogP contribution in [0.15, 0.2) is 0 Å². The molecular weight excluding hydrogens is 386 g/mol. The number of hydrogen-bond acceptors (Lipinski definition) is 2. The summed E-state index contributed by atoms with van der Waals surface area (Å²) in [6.07, 6.45) is 2.58. The molecule has 0 spiro atoms. The third kappa shape index (κ3) is 11.1. The molecule has 12 heavy (non-hydrogen) atoms. The van der Waals surface area contributed by atoms with Gasteiger partial charge >= 0.3 is 35.3 Å². The van der Waals surface area contributed by atoms with Crippen molar-refractivity contribution < 1.29 is 27.4 Å². The molecule has 7 N–H and O–H groups in total. The average Bonchev–Trinajstić information content (AvgIpc) is 2.39. The fourth-order valence-corrected chi connectivity index (χ4v) is 0.958. The zero-order valence-corrected chi connectivity index (χ0v) is 10.3. The van der Waals surface area contributed by atoms with E-state index >= 15 is 0 Å². The van der Waals surface area contributed by atoms with Crippen LogP contribution in [-0.2, 0) is 16.5 Å². The molecule has 0 aromatic heterocycles. The Kier molecular flexibility index (Phi) is 22.9. The molecule has 0 saturated carbocycles. The molecule has 0 aliphatic carbocycles. The number of hydrogen-bond donors (Lipinski definition) is 2. The molecule has 0 aromatic carbocycles. The van der Waals surface area contributed by atoms with E-state index < -0.39 is 16.5 Å². The molecule has 0 radical (unpaired) electrons. The molecular formula is C5H16Cl2N2O2Pt. The van der Waals surface area contributed by atoms with Crippen LogP contribution in [0.2, 0.25) is 0 Å². The molecule has 1 heterocycles. The maximum absolute atomic E-state index is 5.37. The molecule has 82 valence electrons. The van der Waals surface area contributed by atoms with Crippen LogP contribution in [0, 0.1) is 0 Å². The van der Waals surface area contributed by atoms with Crippen molar-refractivity contribution in [2.24, 2.45) is 5.73 Å². The van der Waals surface area contributed by atoms with Gasteiger partial charge in [-0.2, -0.15) is 0 Å². The third-order valence-corrected chi connectivity index (χ3v) is 1.45.